The molecule has 1 aromatic rings. The Morgan fingerprint density at radius 3 is 2.60 bits per heavy atom. The first kappa shape index (κ1) is 12.4. The zero-order valence-electron chi connectivity index (χ0n) is 9.14. The minimum Gasteiger partial charge on any atom is -0.372 e. The van der Waals surface area contributed by atoms with E-state index < -0.39 is 0 Å². The highest BCUT2D eigenvalue weighted by Gasteiger charge is 2.11. The molecule has 0 unspecified atom stereocenters. The summed E-state index contributed by atoms with van der Waals surface area (Å²) in [6, 6.07) is 1.71. The predicted molar refractivity (Wildman–Crippen MR) is 67.4 cm³/mol. The molecule has 1 N–H and O–H groups in total. The average molecular weight is 248 g/mol. The van der Waals surface area contributed by atoms with Gasteiger partial charge in [-0.25, -0.2) is 4.98 Å². The van der Waals surface area contributed by atoms with Crippen LogP contribution in [0.1, 0.15) is 13.3 Å². The summed E-state index contributed by atoms with van der Waals surface area (Å²) in [5.41, 5.74) is 0. The van der Waals surface area contributed by atoms with Crippen LogP contribution < -0.4 is 10.2 Å². The molecule has 3 nitrogen and oxygen atoms in total. The number of anilines is 2. The third-order valence-corrected chi connectivity index (χ3v) is 2.63. The van der Waals surface area contributed by atoms with Crippen LogP contribution in [-0.4, -0.2) is 25.6 Å². The Morgan fingerprint density at radius 1 is 1.40 bits per heavy atom. The number of halogens is 2. The number of hydrogen-bond acceptors (Lipinski definition) is 3. The number of pyridine rings is 1. The van der Waals surface area contributed by atoms with Gasteiger partial charge in [-0.2, -0.15) is 0 Å². The third-order valence-electron chi connectivity index (χ3n) is 2.07. The summed E-state index contributed by atoms with van der Waals surface area (Å²) in [6.45, 7) is 3.02. The second-order valence-electron chi connectivity index (χ2n) is 3.30. The van der Waals surface area contributed by atoms with Crippen molar-refractivity contribution in [1.29, 1.82) is 0 Å². The van der Waals surface area contributed by atoms with Crippen molar-refractivity contribution in [1.82, 2.24) is 4.98 Å². The van der Waals surface area contributed by atoms with Crippen LogP contribution in [0.4, 0.5) is 11.6 Å². The molecular weight excluding hydrogens is 233 g/mol. The minimum absolute atomic E-state index is 0.538. The van der Waals surface area contributed by atoms with Crippen LogP contribution in [0.25, 0.3) is 0 Å². The van der Waals surface area contributed by atoms with E-state index in [1.807, 2.05) is 11.9 Å². The van der Waals surface area contributed by atoms with Gasteiger partial charge >= 0.3 is 0 Å². The Kier molecular flexibility index (Phi) is 4.48. The van der Waals surface area contributed by atoms with E-state index in [2.05, 4.69) is 17.2 Å². The van der Waals surface area contributed by atoms with E-state index in [0.29, 0.717) is 15.9 Å². The minimum atomic E-state index is 0.538. The smallest absolute Gasteiger partial charge is 0.149 e. The van der Waals surface area contributed by atoms with Crippen molar-refractivity contribution in [2.45, 2.75) is 13.3 Å². The lowest BCUT2D eigenvalue weighted by Crippen LogP contribution is -2.19. The highest BCUT2D eigenvalue weighted by atomic mass is 35.5. The summed E-state index contributed by atoms with van der Waals surface area (Å²) < 4.78 is 0. The van der Waals surface area contributed by atoms with E-state index in [0.717, 1.165) is 18.8 Å². The number of aromatic nitrogens is 1. The van der Waals surface area contributed by atoms with Crippen LogP contribution >= 0.6 is 23.2 Å². The first-order chi connectivity index (χ1) is 7.10. The first-order valence-corrected chi connectivity index (χ1v) is 5.60. The maximum atomic E-state index is 6.07. The molecule has 0 atom stereocenters. The van der Waals surface area contributed by atoms with Gasteiger partial charge in [0.05, 0.1) is 10.0 Å². The first-order valence-electron chi connectivity index (χ1n) is 4.85. The van der Waals surface area contributed by atoms with E-state index in [1.165, 1.54) is 0 Å². The molecule has 0 aliphatic heterocycles. The molecule has 84 valence electrons. The number of rotatable bonds is 4. The molecular formula is C10H15Cl2N3. The van der Waals surface area contributed by atoms with Gasteiger partial charge in [0.2, 0.25) is 0 Å². The maximum absolute atomic E-state index is 6.07. The van der Waals surface area contributed by atoms with Gasteiger partial charge in [0.1, 0.15) is 11.6 Å². The maximum Gasteiger partial charge on any atom is 0.149 e. The van der Waals surface area contributed by atoms with E-state index in [-0.39, 0.29) is 0 Å². The van der Waals surface area contributed by atoms with Crippen LogP contribution in [0.15, 0.2) is 6.07 Å². The van der Waals surface area contributed by atoms with Crippen molar-refractivity contribution >= 4 is 34.8 Å². The molecule has 0 radical (unpaired) electrons. The van der Waals surface area contributed by atoms with Gasteiger partial charge in [-0.15, -0.1) is 0 Å². The largest absolute Gasteiger partial charge is 0.372 e. The Labute approximate surface area is 100 Å². The summed E-state index contributed by atoms with van der Waals surface area (Å²) in [5.74, 6) is 1.41. The Hall–Kier alpha value is -0.670. The van der Waals surface area contributed by atoms with Gasteiger partial charge in [-0.1, -0.05) is 30.1 Å². The molecule has 0 amide bonds. The van der Waals surface area contributed by atoms with Crippen molar-refractivity contribution in [3.63, 3.8) is 0 Å². The van der Waals surface area contributed by atoms with Crippen molar-refractivity contribution in [2.24, 2.45) is 0 Å². The lowest BCUT2D eigenvalue weighted by molar-refractivity contribution is 0.838. The van der Waals surface area contributed by atoms with E-state index >= 15 is 0 Å². The number of nitrogens with zero attached hydrogens (tertiary/aromatic N) is 2. The molecule has 1 rings (SSSR count). The van der Waals surface area contributed by atoms with Crippen molar-refractivity contribution in [2.75, 3.05) is 30.9 Å². The van der Waals surface area contributed by atoms with E-state index in [9.17, 15) is 0 Å². The summed E-state index contributed by atoms with van der Waals surface area (Å²) in [7, 11) is 3.75. The summed E-state index contributed by atoms with van der Waals surface area (Å²) in [4.78, 5) is 6.37. The van der Waals surface area contributed by atoms with Gasteiger partial charge in [-0.05, 0) is 12.5 Å². The van der Waals surface area contributed by atoms with Gasteiger partial charge in [0.25, 0.3) is 0 Å². The third kappa shape index (κ3) is 2.89. The molecule has 1 heterocycles. The molecule has 0 aliphatic carbocycles. The molecule has 0 bridgehead atoms. The summed E-state index contributed by atoms with van der Waals surface area (Å²) in [6.07, 6.45) is 1.05. The fourth-order valence-electron chi connectivity index (χ4n) is 1.34. The molecule has 0 aliphatic rings. The Morgan fingerprint density at radius 2 is 2.07 bits per heavy atom. The SMILES string of the molecule is CCCN(C)c1nc(NC)c(Cl)cc1Cl. The van der Waals surface area contributed by atoms with Crippen LogP contribution in [0, 0.1) is 0 Å². The number of hydrogen-bond donors (Lipinski definition) is 1. The van der Waals surface area contributed by atoms with Gasteiger partial charge < -0.3 is 10.2 Å². The van der Waals surface area contributed by atoms with Gasteiger partial charge in [0.15, 0.2) is 0 Å². The number of nitrogens with one attached hydrogen (secondary N) is 1. The second-order valence-corrected chi connectivity index (χ2v) is 4.11. The molecule has 0 saturated heterocycles. The molecule has 0 saturated carbocycles. The summed E-state index contributed by atoms with van der Waals surface area (Å²) in [5, 5.41) is 4.05. The zero-order valence-corrected chi connectivity index (χ0v) is 10.7. The highest BCUT2D eigenvalue weighted by Crippen LogP contribution is 2.30. The molecule has 5 heteroatoms. The quantitative estimate of drug-likeness (QED) is 0.886. The molecule has 0 spiro atoms. The lowest BCUT2D eigenvalue weighted by Gasteiger charge is -2.19. The van der Waals surface area contributed by atoms with Crippen LogP contribution in [0.3, 0.4) is 0 Å². The van der Waals surface area contributed by atoms with Crippen molar-refractivity contribution < 1.29 is 0 Å². The Bertz CT molecular complexity index is 342. The van der Waals surface area contributed by atoms with Gasteiger partial charge in [0, 0.05) is 20.6 Å². The average Bonchev–Trinajstić information content (AvgIpc) is 2.18. The standard InChI is InChI=1S/C10H15Cl2N3/c1-4-5-15(3)10-8(12)6-7(11)9(13-2)14-10/h6H,4-5H2,1-3H3,(H,13,14). The van der Waals surface area contributed by atoms with E-state index in [1.54, 1.807) is 13.1 Å². The van der Waals surface area contributed by atoms with Crippen LogP contribution in [0.5, 0.6) is 0 Å². The normalized spacial score (nSPS) is 10.2. The fourth-order valence-corrected chi connectivity index (χ4v) is 1.94. The predicted octanol–water partition coefficient (Wildman–Crippen LogP) is 3.28. The fraction of sp³-hybridized carbons (Fsp3) is 0.500. The zero-order chi connectivity index (χ0) is 11.4. The van der Waals surface area contributed by atoms with E-state index in [4.69, 9.17) is 23.2 Å². The van der Waals surface area contributed by atoms with Gasteiger partial charge in [-0.3, -0.25) is 0 Å². The molecule has 0 aromatic carbocycles. The molecule has 0 fully saturated rings. The van der Waals surface area contributed by atoms with Crippen LogP contribution in [0.2, 0.25) is 10.0 Å². The topological polar surface area (TPSA) is 28.2 Å². The molecule has 15 heavy (non-hydrogen) atoms. The lowest BCUT2D eigenvalue weighted by atomic mass is 10.3. The highest BCUT2D eigenvalue weighted by molar-refractivity contribution is 6.37. The van der Waals surface area contributed by atoms with Crippen molar-refractivity contribution in [3.8, 4) is 0 Å². The monoisotopic (exact) mass is 247 g/mol. The Balaban J connectivity index is 3.06. The summed E-state index contributed by atoms with van der Waals surface area (Å²) >= 11 is 12.0. The van der Waals surface area contributed by atoms with Crippen molar-refractivity contribution in [3.05, 3.63) is 16.1 Å². The second kappa shape index (κ2) is 5.42. The molecule has 1 aromatic heterocycles. The van der Waals surface area contributed by atoms with Crippen LogP contribution in [-0.2, 0) is 0 Å².